The highest BCUT2D eigenvalue weighted by Gasteiger charge is 2.18. The van der Waals surface area contributed by atoms with Crippen molar-refractivity contribution in [3.8, 4) is 11.5 Å². The Labute approximate surface area is 140 Å². The van der Waals surface area contributed by atoms with Crippen LogP contribution >= 0.6 is 0 Å². The van der Waals surface area contributed by atoms with Crippen LogP contribution in [0.3, 0.4) is 0 Å². The number of hydrogen-bond acceptors (Lipinski definition) is 4. The van der Waals surface area contributed by atoms with E-state index >= 15 is 0 Å². The topological polar surface area (TPSA) is 55.8 Å². The molecule has 0 aliphatic carbocycles. The van der Waals surface area contributed by atoms with Crippen molar-refractivity contribution in [3.05, 3.63) is 71.3 Å². The lowest BCUT2D eigenvalue weighted by Gasteiger charge is -2.12. The average Bonchev–Trinajstić information content (AvgIpc) is 2.60. The van der Waals surface area contributed by atoms with E-state index in [1.807, 2.05) is 42.5 Å². The summed E-state index contributed by atoms with van der Waals surface area (Å²) in [4.78, 5) is 11.8. The van der Waals surface area contributed by atoms with Gasteiger partial charge in [0.2, 0.25) is 0 Å². The van der Waals surface area contributed by atoms with Crippen LogP contribution in [-0.4, -0.2) is 18.2 Å². The molecular weight excluding hydrogens is 304 g/mol. The predicted molar refractivity (Wildman–Crippen MR) is 92.5 cm³/mol. The van der Waals surface area contributed by atoms with Crippen molar-refractivity contribution in [1.29, 1.82) is 0 Å². The molecule has 0 radical (unpaired) electrons. The molecule has 0 aliphatic rings. The summed E-state index contributed by atoms with van der Waals surface area (Å²) in [6.45, 7) is 2.24. The minimum absolute atomic E-state index is 0.0635. The summed E-state index contributed by atoms with van der Waals surface area (Å²) in [7, 11) is 1.30. The number of phenolic OH excluding ortho intramolecular Hbond substituents is 1. The SMILES string of the molecule is COC(=O)c1c(C)cc2cc(OCc3ccccc3)ccc2c1O. The zero-order valence-electron chi connectivity index (χ0n) is 13.6. The van der Waals surface area contributed by atoms with E-state index in [2.05, 4.69) is 0 Å². The molecule has 0 spiro atoms. The maximum atomic E-state index is 11.8. The van der Waals surface area contributed by atoms with Crippen molar-refractivity contribution >= 4 is 16.7 Å². The summed E-state index contributed by atoms with van der Waals surface area (Å²) < 4.78 is 10.5. The van der Waals surface area contributed by atoms with E-state index in [0.717, 1.165) is 10.9 Å². The van der Waals surface area contributed by atoms with Gasteiger partial charge >= 0.3 is 5.97 Å². The van der Waals surface area contributed by atoms with Gasteiger partial charge in [0.05, 0.1) is 7.11 Å². The fourth-order valence-electron chi connectivity index (χ4n) is 2.69. The van der Waals surface area contributed by atoms with Crippen molar-refractivity contribution in [3.63, 3.8) is 0 Å². The van der Waals surface area contributed by atoms with Gasteiger partial charge in [-0.25, -0.2) is 4.79 Å². The van der Waals surface area contributed by atoms with Crippen LogP contribution in [0.25, 0.3) is 10.8 Å². The molecule has 0 aliphatic heterocycles. The number of carbonyl (C=O) groups is 1. The van der Waals surface area contributed by atoms with Crippen LogP contribution in [0.15, 0.2) is 54.6 Å². The predicted octanol–water partition coefficient (Wildman–Crippen LogP) is 4.22. The van der Waals surface area contributed by atoms with Gasteiger partial charge in [-0.1, -0.05) is 36.4 Å². The molecule has 0 aromatic heterocycles. The van der Waals surface area contributed by atoms with Gasteiger partial charge in [-0.3, -0.25) is 0 Å². The molecule has 1 N–H and O–H groups in total. The van der Waals surface area contributed by atoms with Crippen molar-refractivity contribution in [2.24, 2.45) is 0 Å². The van der Waals surface area contributed by atoms with Gasteiger partial charge in [-0.05, 0) is 41.6 Å². The molecule has 24 heavy (non-hydrogen) atoms. The third-order valence-corrected chi connectivity index (χ3v) is 3.92. The van der Waals surface area contributed by atoms with Gasteiger partial charge in [0.1, 0.15) is 23.7 Å². The molecule has 0 fully saturated rings. The maximum absolute atomic E-state index is 11.8. The van der Waals surface area contributed by atoms with E-state index in [9.17, 15) is 9.90 Å². The van der Waals surface area contributed by atoms with Crippen LogP contribution in [0, 0.1) is 6.92 Å². The van der Waals surface area contributed by atoms with Crippen LogP contribution in [-0.2, 0) is 11.3 Å². The standard InChI is InChI=1S/C20H18O4/c1-13-10-15-11-16(24-12-14-6-4-3-5-7-14)8-9-17(15)19(21)18(13)20(22)23-2/h3-11,21H,12H2,1-2H3. The Balaban J connectivity index is 1.93. The van der Waals surface area contributed by atoms with Gasteiger partial charge in [0, 0.05) is 5.39 Å². The van der Waals surface area contributed by atoms with Gasteiger partial charge in [-0.15, -0.1) is 0 Å². The number of aryl methyl sites for hydroxylation is 1. The lowest BCUT2D eigenvalue weighted by molar-refractivity contribution is 0.0597. The highest BCUT2D eigenvalue weighted by atomic mass is 16.5. The Bertz CT molecular complexity index is 885. The molecule has 0 amide bonds. The van der Waals surface area contributed by atoms with E-state index in [-0.39, 0.29) is 11.3 Å². The summed E-state index contributed by atoms with van der Waals surface area (Å²) in [5.74, 6) is 0.0961. The number of hydrogen-bond donors (Lipinski definition) is 1. The van der Waals surface area contributed by atoms with Crippen LogP contribution in [0.4, 0.5) is 0 Å². The minimum Gasteiger partial charge on any atom is -0.506 e. The molecule has 0 unspecified atom stereocenters. The highest BCUT2D eigenvalue weighted by molar-refractivity contribution is 6.02. The molecule has 3 rings (SSSR count). The van der Waals surface area contributed by atoms with Crippen molar-refractivity contribution in [2.45, 2.75) is 13.5 Å². The minimum atomic E-state index is -0.545. The zero-order chi connectivity index (χ0) is 17.1. The Morgan fingerprint density at radius 3 is 2.54 bits per heavy atom. The molecule has 0 bridgehead atoms. The second-order valence-electron chi connectivity index (χ2n) is 5.57. The molecule has 3 aromatic carbocycles. The Morgan fingerprint density at radius 2 is 1.83 bits per heavy atom. The van der Waals surface area contributed by atoms with Crippen molar-refractivity contribution in [2.75, 3.05) is 7.11 Å². The summed E-state index contributed by atoms with van der Waals surface area (Å²) >= 11 is 0. The molecule has 3 aromatic rings. The number of rotatable bonds is 4. The number of phenols is 1. The molecule has 0 atom stereocenters. The first kappa shape index (κ1) is 15.9. The Kier molecular flexibility index (Phi) is 4.38. The number of esters is 1. The second-order valence-corrected chi connectivity index (χ2v) is 5.57. The third-order valence-electron chi connectivity index (χ3n) is 3.92. The summed E-state index contributed by atoms with van der Waals surface area (Å²) in [6.07, 6.45) is 0. The molecule has 0 heterocycles. The largest absolute Gasteiger partial charge is 0.506 e. The smallest absolute Gasteiger partial charge is 0.341 e. The molecule has 4 nitrogen and oxygen atoms in total. The summed E-state index contributed by atoms with van der Waals surface area (Å²) in [6, 6.07) is 17.1. The maximum Gasteiger partial charge on any atom is 0.341 e. The van der Waals surface area contributed by atoms with Crippen molar-refractivity contribution in [1.82, 2.24) is 0 Å². The van der Waals surface area contributed by atoms with Crippen LogP contribution in [0.5, 0.6) is 11.5 Å². The van der Waals surface area contributed by atoms with Gasteiger partial charge in [0.15, 0.2) is 0 Å². The first-order chi connectivity index (χ1) is 11.6. The highest BCUT2D eigenvalue weighted by Crippen LogP contribution is 2.34. The van der Waals surface area contributed by atoms with Gasteiger partial charge in [0.25, 0.3) is 0 Å². The summed E-state index contributed by atoms with van der Waals surface area (Å²) in [5.41, 5.74) is 1.94. The Morgan fingerprint density at radius 1 is 1.08 bits per heavy atom. The van der Waals surface area contributed by atoms with E-state index in [0.29, 0.717) is 23.3 Å². The molecule has 0 saturated carbocycles. The fraction of sp³-hybridized carbons (Fsp3) is 0.150. The molecular formula is C20H18O4. The lowest BCUT2D eigenvalue weighted by atomic mass is 10.00. The normalized spacial score (nSPS) is 10.6. The molecule has 0 saturated heterocycles. The number of ether oxygens (including phenoxy) is 2. The third kappa shape index (κ3) is 3.04. The number of methoxy groups -OCH3 is 1. The average molecular weight is 322 g/mol. The van der Waals surface area contributed by atoms with Crippen LogP contribution in [0.2, 0.25) is 0 Å². The van der Waals surface area contributed by atoms with Gasteiger partial charge < -0.3 is 14.6 Å². The number of aromatic hydroxyl groups is 1. The number of benzene rings is 3. The van der Waals surface area contributed by atoms with Crippen molar-refractivity contribution < 1.29 is 19.4 Å². The van der Waals surface area contributed by atoms with E-state index in [4.69, 9.17) is 9.47 Å². The van der Waals surface area contributed by atoms with Crippen LogP contribution < -0.4 is 4.74 Å². The fourth-order valence-corrected chi connectivity index (χ4v) is 2.69. The van der Waals surface area contributed by atoms with Crippen LogP contribution in [0.1, 0.15) is 21.5 Å². The number of carbonyl (C=O) groups excluding carboxylic acids is 1. The van der Waals surface area contributed by atoms with E-state index in [1.165, 1.54) is 7.11 Å². The Hall–Kier alpha value is -3.01. The second kappa shape index (κ2) is 6.62. The van der Waals surface area contributed by atoms with Gasteiger partial charge in [-0.2, -0.15) is 0 Å². The van der Waals surface area contributed by atoms with E-state index in [1.54, 1.807) is 19.1 Å². The summed E-state index contributed by atoms with van der Waals surface area (Å²) in [5, 5.41) is 11.8. The van der Waals surface area contributed by atoms with E-state index < -0.39 is 5.97 Å². The molecule has 122 valence electrons. The monoisotopic (exact) mass is 322 g/mol. The lowest BCUT2D eigenvalue weighted by Crippen LogP contribution is -2.04. The first-order valence-electron chi connectivity index (χ1n) is 7.61. The quantitative estimate of drug-likeness (QED) is 0.731. The zero-order valence-corrected chi connectivity index (χ0v) is 13.6. The number of fused-ring (bicyclic) bond motifs is 1. The molecule has 4 heteroatoms. The first-order valence-corrected chi connectivity index (χ1v) is 7.61.